The van der Waals surface area contributed by atoms with Crippen LogP contribution in [0.15, 0.2) is 10.6 Å². The van der Waals surface area contributed by atoms with Gasteiger partial charge in [0, 0.05) is 29.2 Å². The fourth-order valence-electron chi connectivity index (χ4n) is 3.68. The average Bonchev–Trinajstić information content (AvgIpc) is 2.70. The van der Waals surface area contributed by atoms with Crippen molar-refractivity contribution < 1.29 is 24.2 Å². The maximum Gasteiger partial charge on any atom is 0.353 e. The number of rotatable bonds is 5. The SMILES string of the molecule is CC(O)C1C(=O)N2C(C(=O)O)=C(SC3CN(C(=N)CF)C3)C(C)[C@H]12. The zero-order valence-corrected chi connectivity index (χ0v) is 14.2. The zero-order chi connectivity index (χ0) is 17.8. The summed E-state index contributed by atoms with van der Waals surface area (Å²) in [5, 5.41) is 26.8. The number of carbonyl (C=O) groups is 2. The molecule has 0 aromatic heterocycles. The molecule has 3 unspecified atom stereocenters. The van der Waals surface area contributed by atoms with Crippen LogP contribution in [-0.4, -0.2) is 74.9 Å². The van der Waals surface area contributed by atoms with Crippen molar-refractivity contribution in [2.24, 2.45) is 11.8 Å². The molecular formula is C15H20FN3O4S. The molecule has 3 N–H and O–H groups in total. The monoisotopic (exact) mass is 357 g/mol. The van der Waals surface area contributed by atoms with Gasteiger partial charge in [-0.1, -0.05) is 6.92 Å². The van der Waals surface area contributed by atoms with Gasteiger partial charge in [-0.3, -0.25) is 10.2 Å². The second-order valence-corrected chi connectivity index (χ2v) is 7.84. The Hall–Kier alpha value is -1.61. The van der Waals surface area contributed by atoms with Gasteiger partial charge in [0.15, 0.2) is 0 Å². The van der Waals surface area contributed by atoms with Gasteiger partial charge in [0.05, 0.1) is 18.1 Å². The number of nitrogens with zero attached hydrogens (tertiary/aromatic N) is 2. The Balaban J connectivity index is 1.76. The maximum absolute atomic E-state index is 12.5. The average molecular weight is 357 g/mol. The Labute approximate surface area is 143 Å². The number of alkyl halides is 1. The molecule has 3 rings (SSSR count). The highest BCUT2D eigenvalue weighted by Gasteiger charge is 2.60. The van der Waals surface area contributed by atoms with Crippen LogP contribution < -0.4 is 0 Å². The summed E-state index contributed by atoms with van der Waals surface area (Å²) in [4.78, 5) is 27.4. The lowest BCUT2D eigenvalue weighted by Gasteiger charge is -2.46. The van der Waals surface area contributed by atoms with Crippen LogP contribution in [0.25, 0.3) is 0 Å². The number of hydrogen-bond acceptors (Lipinski definition) is 5. The number of β-lactam (4-membered cyclic amide) rings is 1. The number of nitrogens with one attached hydrogen (secondary N) is 1. The predicted molar refractivity (Wildman–Crippen MR) is 86.3 cm³/mol. The molecule has 3 heterocycles. The molecule has 0 bridgehead atoms. The molecule has 24 heavy (non-hydrogen) atoms. The molecule has 3 aliphatic heterocycles. The number of fused-ring (bicyclic) bond motifs is 1. The third-order valence-corrected chi connectivity index (χ3v) is 6.41. The van der Waals surface area contributed by atoms with E-state index in [0.717, 1.165) is 0 Å². The van der Waals surface area contributed by atoms with Crippen molar-refractivity contribution in [2.45, 2.75) is 31.2 Å². The Kier molecular flexibility index (Phi) is 4.33. The maximum atomic E-state index is 12.5. The third-order valence-electron chi connectivity index (χ3n) is 4.96. The Bertz CT molecular complexity index is 632. The van der Waals surface area contributed by atoms with Gasteiger partial charge in [0.1, 0.15) is 18.2 Å². The van der Waals surface area contributed by atoms with E-state index in [1.807, 2.05) is 6.92 Å². The highest BCUT2D eigenvalue weighted by Crippen LogP contribution is 2.51. The van der Waals surface area contributed by atoms with Crippen LogP contribution in [0.4, 0.5) is 4.39 Å². The van der Waals surface area contributed by atoms with E-state index in [-0.39, 0.29) is 34.6 Å². The van der Waals surface area contributed by atoms with Gasteiger partial charge in [0.25, 0.3) is 0 Å². The quantitative estimate of drug-likeness (QED) is 0.376. The number of halogens is 1. The molecule has 0 aliphatic carbocycles. The molecular weight excluding hydrogens is 337 g/mol. The first-order chi connectivity index (χ1) is 11.3. The Morgan fingerprint density at radius 3 is 2.62 bits per heavy atom. The molecule has 132 valence electrons. The number of hydrogen-bond donors (Lipinski definition) is 3. The van der Waals surface area contributed by atoms with Gasteiger partial charge in [-0.25, -0.2) is 9.18 Å². The third kappa shape index (κ3) is 2.41. The van der Waals surface area contributed by atoms with Crippen molar-refractivity contribution in [2.75, 3.05) is 19.8 Å². The standard InChI is InChI=1S/C15H20FN3O4S/c1-6-11-10(7(2)20)14(21)19(11)12(15(22)23)13(6)24-8-4-18(5-8)9(17)3-16/h6-8,10-11,17,20H,3-5H2,1-2H3,(H,22,23)/t6?,7?,10?,11-/m1/s1. The molecule has 0 aromatic carbocycles. The number of thioether (sulfide) groups is 1. The molecule has 3 aliphatic rings. The molecule has 0 spiro atoms. The van der Waals surface area contributed by atoms with Crippen LogP contribution in [0, 0.1) is 17.2 Å². The van der Waals surface area contributed by atoms with E-state index in [1.54, 1.807) is 11.8 Å². The van der Waals surface area contributed by atoms with E-state index in [0.29, 0.717) is 18.0 Å². The van der Waals surface area contributed by atoms with E-state index in [4.69, 9.17) is 5.41 Å². The van der Waals surface area contributed by atoms with Crippen LogP contribution in [0.1, 0.15) is 13.8 Å². The van der Waals surface area contributed by atoms with E-state index >= 15 is 0 Å². The van der Waals surface area contributed by atoms with Crippen LogP contribution in [0.2, 0.25) is 0 Å². The summed E-state index contributed by atoms with van der Waals surface area (Å²) in [5.41, 5.74) is 0.0124. The number of carbonyl (C=O) groups excluding carboxylic acids is 1. The Morgan fingerprint density at radius 1 is 1.50 bits per heavy atom. The number of aliphatic hydroxyl groups excluding tert-OH is 1. The molecule has 0 radical (unpaired) electrons. The van der Waals surface area contributed by atoms with Gasteiger partial charge >= 0.3 is 5.97 Å². The largest absolute Gasteiger partial charge is 0.477 e. The predicted octanol–water partition coefficient (Wildman–Crippen LogP) is 0.504. The highest BCUT2D eigenvalue weighted by atomic mass is 32.2. The highest BCUT2D eigenvalue weighted by molar-refractivity contribution is 8.03. The molecule has 0 aromatic rings. The van der Waals surface area contributed by atoms with E-state index < -0.39 is 24.7 Å². The number of carboxylic acids is 1. The fraction of sp³-hybridized carbons (Fsp3) is 0.667. The number of amides is 1. The number of likely N-dealkylation sites (tertiary alicyclic amines) is 1. The van der Waals surface area contributed by atoms with Gasteiger partial charge in [-0.2, -0.15) is 0 Å². The normalized spacial score (nSPS) is 30.8. The van der Waals surface area contributed by atoms with E-state index in [2.05, 4.69) is 0 Å². The topological polar surface area (TPSA) is 105 Å². The van der Waals surface area contributed by atoms with Crippen LogP contribution in [-0.2, 0) is 9.59 Å². The van der Waals surface area contributed by atoms with Crippen LogP contribution in [0.5, 0.6) is 0 Å². The summed E-state index contributed by atoms with van der Waals surface area (Å²) in [6.07, 6.45) is -0.815. The molecule has 2 fully saturated rings. The van der Waals surface area contributed by atoms with Gasteiger partial charge < -0.3 is 20.0 Å². The summed E-state index contributed by atoms with van der Waals surface area (Å²) in [5.74, 6) is -2.27. The number of aliphatic hydroxyl groups is 1. The summed E-state index contributed by atoms with van der Waals surface area (Å²) < 4.78 is 12.5. The second kappa shape index (κ2) is 6.03. The fourth-order valence-corrected chi connectivity index (χ4v) is 5.20. The lowest BCUT2D eigenvalue weighted by molar-refractivity contribution is -0.163. The number of aliphatic carboxylic acids is 1. The van der Waals surface area contributed by atoms with Crippen molar-refractivity contribution in [1.29, 1.82) is 5.41 Å². The molecule has 7 nitrogen and oxygen atoms in total. The minimum atomic E-state index is -1.14. The molecule has 9 heteroatoms. The first kappa shape index (κ1) is 17.2. The van der Waals surface area contributed by atoms with Crippen molar-refractivity contribution >= 4 is 29.5 Å². The lowest BCUT2D eigenvalue weighted by atomic mass is 9.79. The van der Waals surface area contributed by atoms with E-state index in [1.165, 1.54) is 16.7 Å². The van der Waals surface area contributed by atoms with Crippen molar-refractivity contribution in [3.8, 4) is 0 Å². The molecule has 4 atom stereocenters. The Morgan fingerprint density at radius 2 is 2.12 bits per heavy atom. The van der Waals surface area contributed by atoms with Crippen molar-refractivity contribution in [1.82, 2.24) is 9.80 Å². The van der Waals surface area contributed by atoms with Crippen molar-refractivity contribution in [3.05, 3.63) is 10.6 Å². The molecule has 1 amide bonds. The number of carboxylic acid groups (broad SMARTS) is 1. The van der Waals surface area contributed by atoms with Gasteiger partial charge in [-0.15, -0.1) is 11.8 Å². The molecule has 0 saturated carbocycles. The lowest BCUT2D eigenvalue weighted by Crippen LogP contribution is -2.63. The van der Waals surface area contributed by atoms with E-state index in [9.17, 15) is 24.2 Å². The van der Waals surface area contributed by atoms with Gasteiger partial charge in [0.2, 0.25) is 5.91 Å². The summed E-state index contributed by atoms with van der Waals surface area (Å²) in [6.45, 7) is 3.60. The molecule has 2 saturated heterocycles. The summed E-state index contributed by atoms with van der Waals surface area (Å²) in [7, 11) is 0. The van der Waals surface area contributed by atoms with Crippen molar-refractivity contribution in [3.63, 3.8) is 0 Å². The summed E-state index contributed by atoms with van der Waals surface area (Å²) >= 11 is 1.40. The van der Waals surface area contributed by atoms with Gasteiger partial charge in [-0.05, 0) is 6.92 Å². The summed E-state index contributed by atoms with van der Waals surface area (Å²) in [6, 6.07) is -0.313. The minimum absolute atomic E-state index is 0.0124. The first-order valence-corrected chi connectivity index (χ1v) is 8.69. The smallest absolute Gasteiger partial charge is 0.353 e. The van der Waals surface area contributed by atoms with Crippen LogP contribution in [0.3, 0.4) is 0 Å². The minimum Gasteiger partial charge on any atom is -0.477 e. The number of amidine groups is 1. The zero-order valence-electron chi connectivity index (χ0n) is 13.4. The van der Waals surface area contributed by atoms with Crippen LogP contribution >= 0.6 is 11.8 Å². The first-order valence-electron chi connectivity index (χ1n) is 7.81. The second-order valence-electron chi connectivity index (χ2n) is 6.50.